The van der Waals surface area contributed by atoms with Crippen LogP contribution in [0.25, 0.3) is 0 Å². The van der Waals surface area contributed by atoms with Crippen LogP contribution in [0.3, 0.4) is 0 Å². The molecule has 2 aromatic carbocycles. The van der Waals surface area contributed by atoms with E-state index in [0.717, 1.165) is 10.0 Å². The molecule has 0 aliphatic heterocycles. The Kier molecular flexibility index (Phi) is 4.20. The van der Waals surface area contributed by atoms with Gasteiger partial charge in [-0.2, -0.15) is 0 Å². The summed E-state index contributed by atoms with van der Waals surface area (Å²) >= 11 is 12.6. The number of halogens is 3. The van der Waals surface area contributed by atoms with Crippen molar-refractivity contribution in [2.24, 2.45) is 0 Å². The third kappa shape index (κ3) is 2.86. The molecule has 0 bridgehead atoms. The molecule has 3 rings (SSSR count). The number of rotatable bonds is 2. The zero-order valence-electron chi connectivity index (χ0n) is 10.3. The second-order valence-electron chi connectivity index (χ2n) is 4.91. The van der Waals surface area contributed by atoms with Crippen molar-refractivity contribution >= 4 is 50.1 Å². The summed E-state index contributed by atoms with van der Waals surface area (Å²) in [5.74, 6) is 0. The second kappa shape index (κ2) is 5.74. The molecule has 0 saturated carbocycles. The molecule has 0 radical (unpaired) electrons. The van der Waals surface area contributed by atoms with Crippen LogP contribution >= 0.6 is 50.1 Å². The largest absolute Gasteiger partial charge is 0.113 e. The molecular weight excluding hydrogens is 434 g/mol. The summed E-state index contributed by atoms with van der Waals surface area (Å²) in [4.78, 5) is 0. The van der Waals surface area contributed by atoms with Gasteiger partial charge in [-0.3, -0.25) is 0 Å². The normalized spacial score (nSPS) is 15.3. The quantitative estimate of drug-likeness (QED) is 0.399. The summed E-state index contributed by atoms with van der Waals surface area (Å²) in [6.45, 7) is 0. The Hall–Kier alpha value is -0.0600. The van der Waals surface area contributed by atoms with E-state index in [1.54, 1.807) is 0 Å². The topological polar surface area (TPSA) is 0 Å². The van der Waals surface area contributed by atoms with E-state index in [0.29, 0.717) is 0 Å². The SMILES string of the molecule is ClC(c1ccc2c(c1)CCC2)c1cc(I)ccc1Br. The van der Waals surface area contributed by atoms with Gasteiger partial charge in [-0.1, -0.05) is 34.1 Å². The van der Waals surface area contributed by atoms with Gasteiger partial charge >= 0.3 is 0 Å². The molecule has 1 atom stereocenters. The van der Waals surface area contributed by atoms with Gasteiger partial charge in [0.15, 0.2) is 0 Å². The van der Waals surface area contributed by atoms with E-state index in [4.69, 9.17) is 11.6 Å². The zero-order chi connectivity index (χ0) is 13.4. The molecule has 0 aromatic heterocycles. The third-order valence-electron chi connectivity index (χ3n) is 3.65. The maximum Gasteiger partial charge on any atom is 0.0846 e. The van der Waals surface area contributed by atoms with Crippen LogP contribution in [0.1, 0.15) is 34.1 Å². The molecule has 98 valence electrons. The summed E-state index contributed by atoms with van der Waals surface area (Å²) < 4.78 is 2.29. The van der Waals surface area contributed by atoms with Gasteiger partial charge in [0.05, 0.1) is 5.38 Å². The van der Waals surface area contributed by atoms with Crippen LogP contribution in [0.2, 0.25) is 0 Å². The maximum atomic E-state index is 6.68. The number of hydrogen-bond donors (Lipinski definition) is 0. The second-order valence-corrected chi connectivity index (χ2v) is 7.45. The van der Waals surface area contributed by atoms with E-state index in [1.807, 2.05) is 0 Å². The lowest BCUT2D eigenvalue weighted by Crippen LogP contribution is -1.97. The van der Waals surface area contributed by atoms with Crippen molar-refractivity contribution in [3.63, 3.8) is 0 Å². The highest BCUT2D eigenvalue weighted by Gasteiger charge is 2.17. The summed E-state index contributed by atoms with van der Waals surface area (Å²) in [5.41, 5.74) is 5.32. The van der Waals surface area contributed by atoms with E-state index >= 15 is 0 Å². The lowest BCUT2D eigenvalue weighted by atomic mass is 10.00. The number of alkyl halides is 1. The minimum absolute atomic E-state index is 0.0880. The minimum Gasteiger partial charge on any atom is -0.113 e. The molecule has 19 heavy (non-hydrogen) atoms. The molecule has 0 nitrogen and oxygen atoms in total. The van der Waals surface area contributed by atoms with Gasteiger partial charge in [0.25, 0.3) is 0 Å². The van der Waals surface area contributed by atoms with Crippen molar-refractivity contribution < 1.29 is 0 Å². The summed E-state index contributed by atoms with van der Waals surface area (Å²) in [6, 6.07) is 13.0. The van der Waals surface area contributed by atoms with Gasteiger partial charge in [0.1, 0.15) is 0 Å². The maximum absolute atomic E-state index is 6.68. The Morgan fingerprint density at radius 2 is 1.84 bits per heavy atom. The predicted molar refractivity (Wildman–Crippen MR) is 93.0 cm³/mol. The van der Waals surface area contributed by atoms with Gasteiger partial charge < -0.3 is 0 Å². The monoisotopic (exact) mass is 446 g/mol. The van der Waals surface area contributed by atoms with Gasteiger partial charge in [-0.25, -0.2) is 0 Å². The van der Waals surface area contributed by atoms with Crippen LogP contribution in [0.4, 0.5) is 0 Å². The molecule has 2 aromatic rings. The van der Waals surface area contributed by atoms with Crippen LogP contribution in [0.5, 0.6) is 0 Å². The highest BCUT2D eigenvalue weighted by molar-refractivity contribution is 14.1. The molecular formula is C16H13BrClI. The predicted octanol–water partition coefficient (Wildman–Crippen LogP) is 5.87. The van der Waals surface area contributed by atoms with Crippen LogP contribution in [-0.2, 0) is 12.8 Å². The zero-order valence-corrected chi connectivity index (χ0v) is 14.8. The molecule has 0 N–H and O–H groups in total. The molecule has 0 amide bonds. The lowest BCUT2D eigenvalue weighted by Gasteiger charge is -2.14. The average Bonchev–Trinajstić information content (AvgIpc) is 2.88. The molecule has 1 aliphatic rings. The summed E-state index contributed by atoms with van der Waals surface area (Å²) in [7, 11) is 0. The van der Waals surface area contributed by atoms with Crippen LogP contribution in [-0.4, -0.2) is 0 Å². The minimum atomic E-state index is -0.0880. The third-order valence-corrected chi connectivity index (χ3v) is 5.53. The van der Waals surface area contributed by atoms with E-state index in [1.165, 1.54) is 39.5 Å². The Morgan fingerprint density at radius 1 is 1.05 bits per heavy atom. The first-order valence-electron chi connectivity index (χ1n) is 6.36. The van der Waals surface area contributed by atoms with E-state index in [-0.39, 0.29) is 5.38 Å². The molecule has 3 heteroatoms. The van der Waals surface area contributed by atoms with Crippen molar-refractivity contribution in [2.45, 2.75) is 24.6 Å². The molecule has 0 fully saturated rings. The fraction of sp³-hybridized carbons (Fsp3) is 0.250. The summed E-state index contributed by atoms with van der Waals surface area (Å²) in [6.07, 6.45) is 3.69. The molecule has 0 heterocycles. The number of fused-ring (bicyclic) bond motifs is 1. The molecule has 0 saturated heterocycles. The highest BCUT2D eigenvalue weighted by Crippen LogP contribution is 2.36. The van der Waals surface area contributed by atoms with Crippen molar-refractivity contribution in [1.82, 2.24) is 0 Å². The van der Waals surface area contributed by atoms with E-state index < -0.39 is 0 Å². The van der Waals surface area contributed by atoms with Crippen molar-refractivity contribution in [1.29, 1.82) is 0 Å². The first-order chi connectivity index (χ1) is 9.15. The molecule has 1 unspecified atom stereocenters. The Bertz CT molecular complexity index is 624. The van der Waals surface area contributed by atoms with Crippen LogP contribution in [0, 0.1) is 3.57 Å². The van der Waals surface area contributed by atoms with E-state index in [9.17, 15) is 0 Å². The van der Waals surface area contributed by atoms with Gasteiger partial charge in [-0.15, -0.1) is 11.6 Å². The fourth-order valence-corrected chi connectivity index (χ4v) is 4.08. The smallest absolute Gasteiger partial charge is 0.0846 e. The van der Waals surface area contributed by atoms with Crippen molar-refractivity contribution in [3.05, 3.63) is 66.7 Å². The van der Waals surface area contributed by atoms with E-state index in [2.05, 4.69) is 74.9 Å². The van der Waals surface area contributed by atoms with Gasteiger partial charge in [0, 0.05) is 8.04 Å². The number of benzene rings is 2. The Balaban J connectivity index is 1.99. The number of aryl methyl sites for hydroxylation is 2. The number of hydrogen-bond acceptors (Lipinski definition) is 0. The van der Waals surface area contributed by atoms with Crippen molar-refractivity contribution in [3.8, 4) is 0 Å². The first kappa shape index (κ1) is 13.9. The average molecular weight is 448 g/mol. The molecule has 0 spiro atoms. The van der Waals surface area contributed by atoms with Crippen LogP contribution < -0.4 is 0 Å². The van der Waals surface area contributed by atoms with Gasteiger partial charge in [0.2, 0.25) is 0 Å². The van der Waals surface area contributed by atoms with Gasteiger partial charge in [-0.05, 0) is 82.3 Å². The standard InChI is InChI=1S/C16H13BrClI/c17-15-7-6-13(19)9-14(15)16(18)12-5-4-10-2-1-3-11(10)8-12/h4-9,16H,1-3H2. The molecule has 1 aliphatic carbocycles. The fourth-order valence-electron chi connectivity index (χ4n) is 2.64. The first-order valence-corrected chi connectivity index (χ1v) is 8.66. The highest BCUT2D eigenvalue weighted by atomic mass is 127. The van der Waals surface area contributed by atoms with Crippen molar-refractivity contribution in [2.75, 3.05) is 0 Å². The Morgan fingerprint density at radius 3 is 2.68 bits per heavy atom. The lowest BCUT2D eigenvalue weighted by molar-refractivity contribution is 0.911. The Labute approximate surface area is 140 Å². The van der Waals surface area contributed by atoms with Crippen LogP contribution in [0.15, 0.2) is 40.9 Å². The summed E-state index contributed by atoms with van der Waals surface area (Å²) in [5, 5.41) is -0.0880.